The average molecular weight is 581 g/mol. The molecule has 3 aromatic carbocycles. The lowest BCUT2D eigenvalue weighted by Crippen LogP contribution is -2.31. The van der Waals surface area contributed by atoms with Gasteiger partial charge in [0.15, 0.2) is 5.69 Å². The number of aliphatic hydroxyl groups excluding tert-OH is 1. The van der Waals surface area contributed by atoms with Crippen molar-refractivity contribution >= 4 is 40.7 Å². The van der Waals surface area contributed by atoms with Gasteiger partial charge in [-0.3, -0.25) is 4.79 Å². The highest BCUT2D eigenvalue weighted by molar-refractivity contribution is 6.35. The van der Waals surface area contributed by atoms with Crippen LogP contribution in [0.4, 0.5) is 0 Å². The summed E-state index contributed by atoms with van der Waals surface area (Å²) in [6, 6.07) is 22.3. The van der Waals surface area contributed by atoms with Crippen LogP contribution in [0.25, 0.3) is 5.69 Å². The molecule has 1 fully saturated rings. The largest absolute Gasteiger partial charge is 0.394 e. The average Bonchev–Trinajstić information content (AvgIpc) is 3.59. The number of fused-ring (bicyclic) bond motifs is 2. The van der Waals surface area contributed by atoms with Crippen LogP contribution in [-0.2, 0) is 11.8 Å². The third kappa shape index (κ3) is 4.87. The van der Waals surface area contributed by atoms with Crippen molar-refractivity contribution in [3.05, 3.63) is 116 Å². The van der Waals surface area contributed by atoms with Gasteiger partial charge in [-0.1, -0.05) is 83.7 Å². The summed E-state index contributed by atoms with van der Waals surface area (Å²) >= 11 is 19.3. The number of halogens is 3. The lowest BCUT2D eigenvalue weighted by molar-refractivity contribution is 0.0909. The molecular weight excluding hydrogens is 553 g/mol. The Labute approximate surface area is 242 Å². The molecule has 1 unspecified atom stereocenters. The molecule has 1 heterocycles. The summed E-state index contributed by atoms with van der Waals surface area (Å²) < 4.78 is 1.87. The molecule has 0 saturated heterocycles. The Balaban J connectivity index is 1.48. The van der Waals surface area contributed by atoms with E-state index in [-0.39, 0.29) is 23.8 Å². The maximum atomic E-state index is 13.8. The molecule has 0 bridgehead atoms. The van der Waals surface area contributed by atoms with Crippen LogP contribution in [0.3, 0.4) is 0 Å². The second-order valence-corrected chi connectivity index (χ2v) is 11.8. The van der Waals surface area contributed by atoms with Gasteiger partial charge in [0.2, 0.25) is 0 Å². The van der Waals surface area contributed by atoms with E-state index < -0.39 is 6.04 Å². The second kappa shape index (κ2) is 10.6. The van der Waals surface area contributed by atoms with Crippen LogP contribution in [0.1, 0.15) is 70.5 Å². The van der Waals surface area contributed by atoms with Crippen LogP contribution >= 0.6 is 34.8 Å². The molecule has 4 aromatic rings. The van der Waals surface area contributed by atoms with Crippen molar-refractivity contribution in [2.45, 2.75) is 49.5 Å². The predicted octanol–water partition coefficient (Wildman–Crippen LogP) is 7.45. The van der Waals surface area contributed by atoms with Crippen LogP contribution in [0.15, 0.2) is 72.8 Å². The zero-order valence-corrected chi connectivity index (χ0v) is 23.5. The van der Waals surface area contributed by atoms with E-state index in [2.05, 4.69) is 11.4 Å². The van der Waals surface area contributed by atoms with E-state index in [0.29, 0.717) is 26.4 Å². The van der Waals surface area contributed by atoms with Crippen molar-refractivity contribution in [1.29, 1.82) is 0 Å². The molecule has 0 aliphatic heterocycles. The van der Waals surface area contributed by atoms with Gasteiger partial charge in [0, 0.05) is 21.0 Å². The Morgan fingerprint density at radius 2 is 1.82 bits per heavy atom. The molecule has 0 radical (unpaired) electrons. The molecule has 1 aromatic heterocycles. The zero-order chi connectivity index (χ0) is 27.1. The fraction of sp³-hybridized carbons (Fsp3) is 0.290. The number of aliphatic hydroxyl groups is 1. The number of nitrogens with zero attached hydrogens (tertiary/aromatic N) is 2. The van der Waals surface area contributed by atoms with Gasteiger partial charge in [-0.05, 0) is 73.1 Å². The Hall–Kier alpha value is -2.83. The van der Waals surface area contributed by atoms with E-state index in [9.17, 15) is 9.90 Å². The van der Waals surface area contributed by atoms with Gasteiger partial charge in [-0.15, -0.1) is 0 Å². The molecule has 3 atom stereocenters. The quantitative estimate of drug-likeness (QED) is 0.249. The zero-order valence-electron chi connectivity index (χ0n) is 21.2. The van der Waals surface area contributed by atoms with Gasteiger partial charge < -0.3 is 10.4 Å². The minimum absolute atomic E-state index is 0.180. The Kier molecular flexibility index (Phi) is 7.19. The van der Waals surface area contributed by atoms with Gasteiger partial charge in [0.25, 0.3) is 5.91 Å². The molecule has 200 valence electrons. The molecule has 39 heavy (non-hydrogen) atoms. The summed E-state index contributed by atoms with van der Waals surface area (Å²) in [5, 5.41) is 19.8. The van der Waals surface area contributed by atoms with Gasteiger partial charge in [0.1, 0.15) is 0 Å². The van der Waals surface area contributed by atoms with Crippen molar-refractivity contribution in [3.63, 3.8) is 0 Å². The van der Waals surface area contributed by atoms with E-state index in [1.54, 1.807) is 12.1 Å². The van der Waals surface area contributed by atoms with Crippen molar-refractivity contribution < 1.29 is 9.90 Å². The first-order valence-electron chi connectivity index (χ1n) is 13.2. The van der Waals surface area contributed by atoms with Crippen LogP contribution in [0.5, 0.6) is 0 Å². The fourth-order valence-corrected chi connectivity index (χ4v) is 6.91. The van der Waals surface area contributed by atoms with Crippen molar-refractivity contribution in [1.82, 2.24) is 15.1 Å². The van der Waals surface area contributed by atoms with Gasteiger partial charge in [-0.2, -0.15) is 5.10 Å². The summed E-state index contributed by atoms with van der Waals surface area (Å²) in [4.78, 5) is 13.8. The van der Waals surface area contributed by atoms with Gasteiger partial charge in [0.05, 0.1) is 29.1 Å². The molecular formula is C31H28Cl3N3O2. The minimum atomic E-state index is -0.543. The maximum Gasteiger partial charge on any atom is 0.272 e. The number of hydrogen-bond donors (Lipinski definition) is 2. The minimum Gasteiger partial charge on any atom is -0.394 e. The van der Waals surface area contributed by atoms with Crippen LogP contribution in [0, 0.1) is 0 Å². The second-order valence-electron chi connectivity index (χ2n) is 10.5. The molecule has 2 aliphatic rings. The highest BCUT2D eigenvalue weighted by atomic mass is 35.5. The smallest absolute Gasteiger partial charge is 0.272 e. The van der Waals surface area contributed by atoms with E-state index >= 15 is 0 Å². The molecule has 2 aliphatic carbocycles. The molecule has 2 N–H and O–H groups in total. The Bertz CT molecular complexity index is 1540. The van der Waals surface area contributed by atoms with E-state index in [4.69, 9.17) is 39.9 Å². The number of hydrogen-bond acceptors (Lipinski definition) is 3. The van der Waals surface area contributed by atoms with Crippen LogP contribution < -0.4 is 5.32 Å². The third-order valence-electron chi connectivity index (χ3n) is 8.12. The monoisotopic (exact) mass is 579 g/mol. The number of rotatable bonds is 6. The van der Waals surface area contributed by atoms with Gasteiger partial charge >= 0.3 is 0 Å². The standard InChI is InChI=1S/C31H28Cl3N3O2/c32-21-10-6-9-20(15-21)24-17-31(24)14-5-4-11-23-28(30(39)35-26(18-38)19-7-2-1-3-8-19)36-37(29(23)31)27-13-12-22(33)16-25(27)34/h1-3,6-10,12-13,15-16,24,26,38H,4-5,11,14,17-18H2,(H,35,39)/t24-,26?,31+/m0/s1. The van der Waals surface area contributed by atoms with Crippen LogP contribution in [-0.4, -0.2) is 27.4 Å². The first kappa shape index (κ1) is 26.4. The van der Waals surface area contributed by atoms with E-state index in [0.717, 1.165) is 48.9 Å². The highest BCUT2D eigenvalue weighted by Crippen LogP contribution is 2.65. The molecule has 5 nitrogen and oxygen atoms in total. The predicted molar refractivity (Wildman–Crippen MR) is 155 cm³/mol. The van der Waals surface area contributed by atoms with Crippen molar-refractivity contribution in [3.8, 4) is 5.69 Å². The van der Waals surface area contributed by atoms with E-state index in [1.807, 2.05) is 59.3 Å². The Morgan fingerprint density at radius 3 is 2.56 bits per heavy atom. The molecule has 8 heteroatoms. The lowest BCUT2D eigenvalue weighted by Gasteiger charge is -2.20. The normalized spacial score (nSPS) is 20.8. The number of amides is 1. The molecule has 1 amide bonds. The number of aromatic nitrogens is 2. The lowest BCUT2D eigenvalue weighted by atomic mass is 9.89. The summed E-state index contributed by atoms with van der Waals surface area (Å²) in [5.41, 5.74) is 4.91. The summed E-state index contributed by atoms with van der Waals surface area (Å²) in [6.45, 7) is -0.220. The molecule has 6 rings (SSSR count). The summed E-state index contributed by atoms with van der Waals surface area (Å²) in [7, 11) is 0. The first-order chi connectivity index (χ1) is 18.9. The fourth-order valence-electron chi connectivity index (χ4n) is 6.22. The van der Waals surface area contributed by atoms with Crippen molar-refractivity contribution in [2.75, 3.05) is 6.61 Å². The van der Waals surface area contributed by atoms with Crippen molar-refractivity contribution in [2.24, 2.45) is 0 Å². The number of benzene rings is 3. The topological polar surface area (TPSA) is 67.2 Å². The van der Waals surface area contributed by atoms with Crippen LogP contribution in [0.2, 0.25) is 15.1 Å². The Morgan fingerprint density at radius 1 is 1.03 bits per heavy atom. The SMILES string of the molecule is O=C(NC(CO)c1ccccc1)c1nn(-c2ccc(Cl)cc2Cl)c2c1CCCC[C@]21C[C@H]1c1cccc(Cl)c1. The number of carbonyl (C=O) groups excluding carboxylic acids is 1. The first-order valence-corrected chi connectivity index (χ1v) is 14.3. The summed E-state index contributed by atoms with van der Waals surface area (Å²) in [6.07, 6.45) is 4.67. The maximum absolute atomic E-state index is 13.8. The van der Waals surface area contributed by atoms with Gasteiger partial charge in [-0.25, -0.2) is 4.68 Å². The number of nitrogens with one attached hydrogen (secondary N) is 1. The number of carbonyl (C=O) groups is 1. The third-order valence-corrected chi connectivity index (χ3v) is 8.90. The van der Waals surface area contributed by atoms with E-state index in [1.165, 1.54) is 5.56 Å². The molecule has 1 saturated carbocycles. The summed E-state index contributed by atoms with van der Waals surface area (Å²) in [5.74, 6) is -0.0463. The molecule has 1 spiro atoms. The highest BCUT2D eigenvalue weighted by Gasteiger charge is 2.59.